The maximum absolute atomic E-state index is 11.1. The highest BCUT2D eigenvalue weighted by Crippen LogP contribution is 2.40. The first-order valence-electron chi connectivity index (χ1n) is 5.54. The fraction of sp³-hybridized carbons (Fsp3) is 0.818. The molecule has 0 heterocycles. The van der Waals surface area contributed by atoms with E-state index >= 15 is 0 Å². The Bertz CT molecular complexity index is 250. The van der Waals surface area contributed by atoms with Gasteiger partial charge in [0, 0.05) is 6.42 Å². The summed E-state index contributed by atoms with van der Waals surface area (Å²) in [5.41, 5.74) is 0. The predicted molar refractivity (Wildman–Crippen MR) is 58.0 cm³/mol. The molecule has 86 valence electrons. The van der Waals surface area contributed by atoms with E-state index in [1.807, 2.05) is 6.92 Å². The lowest BCUT2D eigenvalue weighted by Gasteiger charge is -2.06. The number of nitrogens with zero attached hydrogens (tertiary/aromatic N) is 1. The second-order valence-corrected chi connectivity index (χ2v) is 3.81. The van der Waals surface area contributed by atoms with Crippen molar-refractivity contribution in [2.75, 3.05) is 13.2 Å². The first kappa shape index (κ1) is 12.0. The average molecular weight is 213 g/mol. The van der Waals surface area contributed by atoms with Crippen LogP contribution < -0.4 is 0 Å². The minimum Gasteiger partial charge on any atom is -0.481 e. The van der Waals surface area contributed by atoms with Crippen molar-refractivity contribution in [2.24, 2.45) is 16.8 Å². The highest BCUT2D eigenvalue weighted by Gasteiger charge is 2.34. The molecule has 0 radical (unpaired) electrons. The lowest BCUT2D eigenvalue weighted by molar-refractivity contribution is 0.162. The van der Waals surface area contributed by atoms with E-state index in [0.717, 1.165) is 12.3 Å². The van der Waals surface area contributed by atoms with Crippen molar-refractivity contribution in [3.63, 3.8) is 0 Å². The van der Waals surface area contributed by atoms with Gasteiger partial charge in [0.15, 0.2) is 5.90 Å². The zero-order valence-electron chi connectivity index (χ0n) is 9.66. The second-order valence-electron chi connectivity index (χ2n) is 3.81. The van der Waals surface area contributed by atoms with Crippen LogP contribution in [0.3, 0.4) is 0 Å². The Morgan fingerprint density at radius 3 is 2.40 bits per heavy atom. The third-order valence-electron chi connectivity index (χ3n) is 2.51. The molecule has 0 bridgehead atoms. The predicted octanol–water partition coefficient (Wildman–Crippen LogP) is 2.62. The van der Waals surface area contributed by atoms with Crippen LogP contribution in [-0.4, -0.2) is 25.2 Å². The molecule has 1 amide bonds. The minimum absolute atomic E-state index is 0.349. The summed E-state index contributed by atoms with van der Waals surface area (Å²) in [6.45, 7) is 6.73. The summed E-state index contributed by atoms with van der Waals surface area (Å²) in [6, 6.07) is 0. The number of carbonyl (C=O) groups is 1. The molecule has 1 fully saturated rings. The van der Waals surface area contributed by atoms with E-state index in [2.05, 4.69) is 11.9 Å². The van der Waals surface area contributed by atoms with Gasteiger partial charge in [0.05, 0.1) is 13.2 Å². The molecule has 2 unspecified atom stereocenters. The summed E-state index contributed by atoms with van der Waals surface area (Å²) in [4.78, 5) is 14.9. The van der Waals surface area contributed by atoms with Crippen molar-refractivity contribution >= 4 is 12.0 Å². The first-order chi connectivity index (χ1) is 7.17. The Hall–Kier alpha value is -1.06. The van der Waals surface area contributed by atoms with E-state index < -0.39 is 6.09 Å². The summed E-state index contributed by atoms with van der Waals surface area (Å²) in [7, 11) is 0. The van der Waals surface area contributed by atoms with Gasteiger partial charge in [0.1, 0.15) is 0 Å². The summed E-state index contributed by atoms with van der Waals surface area (Å²) >= 11 is 0. The van der Waals surface area contributed by atoms with E-state index in [-0.39, 0.29) is 0 Å². The van der Waals surface area contributed by atoms with Crippen molar-refractivity contribution in [1.82, 2.24) is 0 Å². The van der Waals surface area contributed by atoms with Crippen LogP contribution >= 0.6 is 0 Å². The van der Waals surface area contributed by atoms with E-state index in [1.54, 1.807) is 6.92 Å². The Morgan fingerprint density at radius 2 is 1.93 bits per heavy atom. The zero-order chi connectivity index (χ0) is 11.3. The van der Waals surface area contributed by atoms with Crippen LogP contribution in [0.15, 0.2) is 4.99 Å². The number of rotatable bonds is 4. The normalized spacial score (nSPS) is 24.9. The van der Waals surface area contributed by atoms with E-state index in [9.17, 15) is 4.79 Å². The summed E-state index contributed by atoms with van der Waals surface area (Å²) < 4.78 is 10.0. The van der Waals surface area contributed by atoms with Crippen LogP contribution in [-0.2, 0) is 9.47 Å². The van der Waals surface area contributed by atoms with Crippen molar-refractivity contribution in [3.05, 3.63) is 0 Å². The smallest absolute Gasteiger partial charge is 0.436 e. The van der Waals surface area contributed by atoms with Crippen molar-refractivity contribution in [1.29, 1.82) is 0 Å². The van der Waals surface area contributed by atoms with Gasteiger partial charge < -0.3 is 9.47 Å². The summed E-state index contributed by atoms with van der Waals surface area (Å²) in [6.07, 6.45) is 1.41. The molecule has 4 nitrogen and oxygen atoms in total. The van der Waals surface area contributed by atoms with Gasteiger partial charge in [-0.25, -0.2) is 4.79 Å². The molecular weight excluding hydrogens is 194 g/mol. The zero-order valence-corrected chi connectivity index (χ0v) is 9.66. The van der Waals surface area contributed by atoms with Gasteiger partial charge in [-0.3, -0.25) is 0 Å². The van der Waals surface area contributed by atoms with Gasteiger partial charge in [-0.2, -0.15) is 0 Å². The molecule has 0 aromatic carbocycles. The third kappa shape index (κ3) is 4.32. The van der Waals surface area contributed by atoms with Crippen molar-refractivity contribution in [2.45, 2.75) is 33.6 Å². The van der Waals surface area contributed by atoms with Crippen LogP contribution in [0.5, 0.6) is 0 Å². The minimum atomic E-state index is -0.547. The van der Waals surface area contributed by atoms with Gasteiger partial charge in [0.25, 0.3) is 0 Å². The lowest BCUT2D eigenvalue weighted by atomic mass is 10.2. The van der Waals surface area contributed by atoms with Gasteiger partial charge in [-0.15, -0.1) is 4.99 Å². The Kier molecular flexibility index (Phi) is 4.59. The molecule has 15 heavy (non-hydrogen) atoms. The van der Waals surface area contributed by atoms with Gasteiger partial charge in [0.2, 0.25) is 0 Å². The number of hydrogen-bond donors (Lipinski definition) is 0. The molecule has 1 aliphatic carbocycles. The SMILES string of the molecule is CCOC(=O)/N=C(/CC1CC1C)OCC. The summed E-state index contributed by atoms with van der Waals surface area (Å²) in [5, 5.41) is 0. The molecule has 0 aromatic rings. The Labute approximate surface area is 90.7 Å². The lowest BCUT2D eigenvalue weighted by Crippen LogP contribution is -2.10. The molecule has 0 N–H and O–H groups in total. The molecule has 0 saturated heterocycles. The molecular formula is C11H19NO3. The number of hydrogen-bond acceptors (Lipinski definition) is 3. The maximum Gasteiger partial charge on any atom is 0.436 e. The molecule has 0 spiro atoms. The van der Waals surface area contributed by atoms with E-state index in [4.69, 9.17) is 9.47 Å². The van der Waals surface area contributed by atoms with Gasteiger partial charge in [-0.1, -0.05) is 6.92 Å². The van der Waals surface area contributed by atoms with Crippen LogP contribution in [0.4, 0.5) is 4.79 Å². The molecule has 1 rings (SSSR count). The molecule has 0 aliphatic heterocycles. The monoisotopic (exact) mass is 213 g/mol. The Morgan fingerprint density at radius 1 is 1.33 bits per heavy atom. The van der Waals surface area contributed by atoms with Crippen molar-refractivity contribution in [3.8, 4) is 0 Å². The fourth-order valence-electron chi connectivity index (χ4n) is 1.47. The molecule has 1 saturated carbocycles. The van der Waals surface area contributed by atoms with Crippen LogP contribution in [0.2, 0.25) is 0 Å². The number of ether oxygens (including phenoxy) is 2. The van der Waals surface area contributed by atoms with Gasteiger partial charge >= 0.3 is 6.09 Å². The topological polar surface area (TPSA) is 47.9 Å². The molecule has 2 atom stereocenters. The van der Waals surface area contributed by atoms with E-state index in [1.165, 1.54) is 6.42 Å². The fourth-order valence-corrected chi connectivity index (χ4v) is 1.47. The quantitative estimate of drug-likeness (QED) is 0.532. The van der Waals surface area contributed by atoms with Crippen LogP contribution in [0.1, 0.15) is 33.6 Å². The van der Waals surface area contributed by atoms with Gasteiger partial charge in [-0.05, 0) is 32.1 Å². The molecule has 0 aromatic heterocycles. The Balaban J connectivity index is 2.44. The van der Waals surface area contributed by atoms with E-state index in [0.29, 0.717) is 25.0 Å². The first-order valence-corrected chi connectivity index (χ1v) is 5.54. The molecule has 4 heteroatoms. The summed E-state index contributed by atoms with van der Waals surface area (Å²) in [5.74, 6) is 1.88. The second kappa shape index (κ2) is 5.73. The highest BCUT2D eigenvalue weighted by atomic mass is 16.6. The number of amides is 1. The third-order valence-corrected chi connectivity index (χ3v) is 2.51. The standard InChI is InChI=1S/C11H19NO3/c1-4-14-10(7-9-6-8(9)3)12-11(13)15-5-2/h8-9H,4-7H2,1-3H3/b12-10-. The average Bonchev–Trinajstić information content (AvgIpc) is 2.82. The number of carbonyl (C=O) groups excluding carboxylic acids is 1. The van der Waals surface area contributed by atoms with Crippen LogP contribution in [0, 0.1) is 11.8 Å². The van der Waals surface area contributed by atoms with Crippen molar-refractivity contribution < 1.29 is 14.3 Å². The highest BCUT2D eigenvalue weighted by molar-refractivity contribution is 5.88. The number of aliphatic imine (C=N–C) groups is 1. The largest absolute Gasteiger partial charge is 0.481 e. The molecule has 1 aliphatic rings. The maximum atomic E-state index is 11.1. The van der Waals surface area contributed by atoms with Crippen LogP contribution in [0.25, 0.3) is 0 Å².